The van der Waals surface area contributed by atoms with Crippen LogP contribution in [0.5, 0.6) is 0 Å². The molecular weight excluding hydrogens is 304 g/mol. The van der Waals surface area contributed by atoms with Crippen molar-refractivity contribution in [3.63, 3.8) is 0 Å². The smallest absolute Gasteiger partial charge is 0.243 e. The minimum Gasteiger partial charge on any atom is -0.349 e. The number of nitrogens with zero attached hydrogens (tertiary/aromatic N) is 2. The molecule has 2 saturated heterocycles. The summed E-state index contributed by atoms with van der Waals surface area (Å²) >= 11 is 0. The van der Waals surface area contributed by atoms with Crippen molar-refractivity contribution in [3.8, 4) is 6.07 Å². The number of hydrogen-bond acceptors (Lipinski definition) is 5. The molecule has 7 heteroatoms. The highest BCUT2D eigenvalue weighted by Crippen LogP contribution is 2.30. The van der Waals surface area contributed by atoms with Gasteiger partial charge in [0.1, 0.15) is 0 Å². The Labute approximate surface area is 130 Å². The van der Waals surface area contributed by atoms with E-state index < -0.39 is 16.3 Å². The fourth-order valence-corrected chi connectivity index (χ4v) is 4.69. The second kappa shape index (κ2) is 6.34. The van der Waals surface area contributed by atoms with Crippen molar-refractivity contribution in [1.29, 1.82) is 5.26 Å². The van der Waals surface area contributed by atoms with Crippen LogP contribution in [0.1, 0.15) is 24.8 Å². The van der Waals surface area contributed by atoms with Gasteiger partial charge in [-0.3, -0.25) is 0 Å². The lowest BCUT2D eigenvalue weighted by Crippen LogP contribution is -2.50. The summed E-state index contributed by atoms with van der Waals surface area (Å²) in [6.45, 7) is 1.45. The summed E-state index contributed by atoms with van der Waals surface area (Å²) < 4.78 is 38.4. The summed E-state index contributed by atoms with van der Waals surface area (Å²) in [6, 6.07) is 7.80. The zero-order chi connectivity index (χ0) is 15.6. The average Bonchev–Trinajstić information content (AvgIpc) is 3.09. The molecule has 0 saturated carbocycles. The van der Waals surface area contributed by atoms with Crippen molar-refractivity contribution in [1.82, 2.24) is 4.31 Å². The zero-order valence-corrected chi connectivity index (χ0v) is 13.0. The number of piperidine rings is 1. The molecule has 0 aromatic heterocycles. The van der Waals surface area contributed by atoms with Gasteiger partial charge >= 0.3 is 0 Å². The average molecular weight is 322 g/mol. The summed E-state index contributed by atoms with van der Waals surface area (Å²) in [5.41, 5.74) is 0.336. The summed E-state index contributed by atoms with van der Waals surface area (Å²) in [7, 11) is -3.66. The van der Waals surface area contributed by atoms with Gasteiger partial charge in [0.15, 0.2) is 6.29 Å². The second-order valence-electron chi connectivity index (χ2n) is 5.43. The number of benzene rings is 1. The Hall–Kier alpha value is -1.46. The van der Waals surface area contributed by atoms with Gasteiger partial charge in [0.25, 0.3) is 0 Å². The Morgan fingerprint density at radius 1 is 1.23 bits per heavy atom. The zero-order valence-electron chi connectivity index (χ0n) is 12.1. The van der Waals surface area contributed by atoms with E-state index in [2.05, 4.69) is 0 Å². The highest BCUT2D eigenvalue weighted by Gasteiger charge is 2.40. The largest absolute Gasteiger partial charge is 0.349 e. The molecule has 1 unspecified atom stereocenters. The van der Waals surface area contributed by atoms with Crippen molar-refractivity contribution >= 4 is 10.0 Å². The van der Waals surface area contributed by atoms with Crippen LogP contribution in [0, 0.1) is 11.3 Å². The van der Waals surface area contributed by atoms with Crippen LogP contribution < -0.4 is 0 Å². The molecule has 118 valence electrons. The molecule has 0 spiro atoms. The number of rotatable bonds is 3. The highest BCUT2D eigenvalue weighted by molar-refractivity contribution is 7.89. The third-order valence-corrected chi connectivity index (χ3v) is 5.95. The van der Waals surface area contributed by atoms with Crippen LogP contribution in [-0.4, -0.2) is 44.8 Å². The van der Waals surface area contributed by atoms with E-state index in [4.69, 9.17) is 14.7 Å². The predicted molar refractivity (Wildman–Crippen MR) is 78.4 cm³/mol. The van der Waals surface area contributed by atoms with Gasteiger partial charge in [-0.2, -0.15) is 9.57 Å². The Morgan fingerprint density at radius 2 is 2.00 bits per heavy atom. The predicted octanol–water partition coefficient (Wildman–Crippen LogP) is 1.47. The highest BCUT2D eigenvalue weighted by atomic mass is 32.2. The van der Waals surface area contributed by atoms with Crippen LogP contribution in [0.3, 0.4) is 0 Å². The maximum Gasteiger partial charge on any atom is 0.243 e. The lowest BCUT2D eigenvalue weighted by molar-refractivity contribution is -0.0913. The standard InChI is InChI=1S/C15H18N2O4S/c16-11-12-4-3-5-13(10-12)22(18,19)17-7-2-1-6-14(17)15-20-8-9-21-15/h3-5,10,14-15H,1-2,6-9H2. The third-order valence-electron chi connectivity index (χ3n) is 4.03. The Morgan fingerprint density at radius 3 is 2.73 bits per heavy atom. The topological polar surface area (TPSA) is 79.6 Å². The van der Waals surface area contributed by atoms with Crippen molar-refractivity contribution in [2.24, 2.45) is 0 Å². The van der Waals surface area contributed by atoms with Gasteiger partial charge in [-0.05, 0) is 31.0 Å². The monoisotopic (exact) mass is 322 g/mol. The summed E-state index contributed by atoms with van der Waals surface area (Å²) in [4.78, 5) is 0.149. The lowest BCUT2D eigenvalue weighted by Gasteiger charge is -2.36. The fraction of sp³-hybridized carbons (Fsp3) is 0.533. The quantitative estimate of drug-likeness (QED) is 0.842. The van der Waals surface area contributed by atoms with E-state index in [0.29, 0.717) is 25.3 Å². The molecule has 22 heavy (non-hydrogen) atoms. The van der Waals surface area contributed by atoms with Crippen LogP contribution in [0.25, 0.3) is 0 Å². The fourth-order valence-electron chi connectivity index (χ4n) is 2.96. The van der Waals surface area contributed by atoms with E-state index in [1.54, 1.807) is 12.1 Å². The molecule has 0 aliphatic carbocycles. The minimum atomic E-state index is -3.66. The van der Waals surface area contributed by atoms with Crippen molar-refractivity contribution in [3.05, 3.63) is 29.8 Å². The first-order valence-electron chi connectivity index (χ1n) is 7.38. The maximum atomic E-state index is 12.9. The van der Waals surface area contributed by atoms with Gasteiger partial charge in [0.2, 0.25) is 10.0 Å². The molecular formula is C15H18N2O4S. The Kier molecular flexibility index (Phi) is 4.45. The summed E-state index contributed by atoms with van der Waals surface area (Å²) in [5, 5.41) is 8.96. The molecule has 3 rings (SSSR count). The molecule has 1 aromatic carbocycles. The summed E-state index contributed by atoms with van der Waals surface area (Å²) in [5.74, 6) is 0. The molecule has 2 fully saturated rings. The number of ether oxygens (including phenoxy) is 2. The first-order chi connectivity index (χ1) is 10.6. The van der Waals surface area contributed by atoms with Gasteiger partial charge < -0.3 is 9.47 Å². The number of hydrogen-bond donors (Lipinski definition) is 0. The molecule has 6 nitrogen and oxygen atoms in total. The Bertz CT molecular complexity index is 677. The molecule has 2 heterocycles. The van der Waals surface area contributed by atoms with Gasteiger partial charge in [0, 0.05) is 6.54 Å². The molecule has 0 N–H and O–H groups in total. The van der Waals surface area contributed by atoms with E-state index in [0.717, 1.165) is 19.3 Å². The van der Waals surface area contributed by atoms with E-state index >= 15 is 0 Å². The van der Waals surface area contributed by atoms with E-state index in [1.165, 1.54) is 16.4 Å². The van der Waals surface area contributed by atoms with Crippen molar-refractivity contribution in [2.45, 2.75) is 36.5 Å². The summed E-state index contributed by atoms with van der Waals surface area (Å²) in [6.07, 6.45) is 2.01. The maximum absolute atomic E-state index is 12.9. The molecule has 0 amide bonds. The van der Waals surface area contributed by atoms with Crippen LogP contribution in [-0.2, 0) is 19.5 Å². The first kappa shape index (κ1) is 15.4. The van der Waals surface area contributed by atoms with Gasteiger partial charge in [0.05, 0.1) is 35.8 Å². The van der Waals surface area contributed by atoms with Crippen LogP contribution >= 0.6 is 0 Å². The van der Waals surface area contributed by atoms with Crippen LogP contribution in [0.15, 0.2) is 29.2 Å². The Balaban J connectivity index is 1.92. The van der Waals surface area contributed by atoms with E-state index in [-0.39, 0.29) is 10.9 Å². The lowest BCUT2D eigenvalue weighted by atomic mass is 10.0. The van der Waals surface area contributed by atoms with Crippen LogP contribution in [0.4, 0.5) is 0 Å². The van der Waals surface area contributed by atoms with Gasteiger partial charge in [-0.15, -0.1) is 0 Å². The SMILES string of the molecule is N#Cc1cccc(S(=O)(=O)N2CCCCC2C2OCCO2)c1. The molecule has 2 aliphatic heterocycles. The second-order valence-corrected chi connectivity index (χ2v) is 7.32. The molecule has 0 bridgehead atoms. The normalized spacial score (nSPS) is 24.2. The molecule has 1 aromatic rings. The third kappa shape index (κ3) is 2.88. The van der Waals surface area contributed by atoms with E-state index in [1.807, 2.05) is 6.07 Å². The van der Waals surface area contributed by atoms with E-state index in [9.17, 15) is 8.42 Å². The number of sulfonamides is 1. The molecule has 2 aliphatic rings. The molecule has 1 atom stereocenters. The minimum absolute atomic E-state index is 0.149. The van der Waals surface area contributed by atoms with Gasteiger partial charge in [-0.25, -0.2) is 8.42 Å². The first-order valence-corrected chi connectivity index (χ1v) is 8.82. The number of nitriles is 1. The van der Waals surface area contributed by atoms with Crippen molar-refractivity contribution < 1.29 is 17.9 Å². The molecule has 0 radical (unpaired) electrons. The van der Waals surface area contributed by atoms with Crippen LogP contribution in [0.2, 0.25) is 0 Å². The van der Waals surface area contributed by atoms with Gasteiger partial charge in [-0.1, -0.05) is 12.5 Å². The van der Waals surface area contributed by atoms with Crippen molar-refractivity contribution in [2.75, 3.05) is 19.8 Å².